The fourth-order valence-corrected chi connectivity index (χ4v) is 4.34. The highest BCUT2D eigenvalue weighted by atomic mass is 32.2. The highest BCUT2D eigenvalue weighted by molar-refractivity contribution is 8.14. The van der Waals surface area contributed by atoms with Gasteiger partial charge in [0.25, 0.3) is 11.1 Å². The van der Waals surface area contributed by atoms with Crippen molar-refractivity contribution >= 4 is 46.3 Å². The van der Waals surface area contributed by atoms with E-state index in [1.54, 1.807) is 30.5 Å². The molecule has 2 heterocycles. The van der Waals surface area contributed by atoms with Crippen LogP contribution < -0.4 is 5.32 Å². The maximum Gasteiger partial charge on any atom is 0.289 e. The Kier molecular flexibility index (Phi) is 5.91. The number of carbonyl (C=O) groups excluding carboxylic acids is 3. The normalized spacial score (nSPS) is 13.7. The number of para-hydroxylation sites is 1. The first-order chi connectivity index (χ1) is 14.6. The average molecular weight is 439 g/mol. The van der Waals surface area contributed by atoms with Crippen LogP contribution in [0.15, 0.2) is 66.0 Å². The van der Waals surface area contributed by atoms with Gasteiger partial charge < -0.3 is 5.32 Å². The molecule has 0 bridgehead atoms. The van der Waals surface area contributed by atoms with E-state index in [1.807, 2.05) is 41.2 Å². The van der Waals surface area contributed by atoms with Gasteiger partial charge in [-0.05, 0) is 36.1 Å². The van der Waals surface area contributed by atoms with Crippen molar-refractivity contribution in [1.82, 2.24) is 14.5 Å². The van der Waals surface area contributed by atoms with Gasteiger partial charge in [0.1, 0.15) is 5.69 Å². The molecule has 0 aliphatic carbocycles. The zero-order valence-corrected chi connectivity index (χ0v) is 17.7. The highest BCUT2D eigenvalue weighted by Gasteiger charge is 2.29. The van der Waals surface area contributed by atoms with E-state index in [0.29, 0.717) is 11.4 Å². The predicted molar refractivity (Wildman–Crippen MR) is 118 cm³/mol. The summed E-state index contributed by atoms with van der Waals surface area (Å²) in [5.74, 6) is -0.262. The van der Waals surface area contributed by atoms with Crippen LogP contribution in [-0.4, -0.2) is 43.5 Å². The summed E-state index contributed by atoms with van der Waals surface area (Å²) in [7, 11) is 0. The molecular formula is C21H18N4O3S2. The van der Waals surface area contributed by atoms with Gasteiger partial charge in [0, 0.05) is 11.4 Å². The number of amides is 3. The Bertz CT molecular complexity index is 1080. The number of hydrogen-bond acceptors (Lipinski definition) is 6. The molecule has 3 aromatic rings. The number of anilines is 1. The first kappa shape index (κ1) is 20.2. The van der Waals surface area contributed by atoms with E-state index in [2.05, 4.69) is 10.3 Å². The number of thioether (sulfide) groups is 2. The zero-order chi connectivity index (χ0) is 21.1. The molecule has 1 fully saturated rings. The number of hydrogen-bond donors (Lipinski definition) is 1. The van der Waals surface area contributed by atoms with Crippen molar-refractivity contribution in [1.29, 1.82) is 0 Å². The second-order valence-corrected chi connectivity index (χ2v) is 8.19. The Morgan fingerprint density at radius 2 is 1.87 bits per heavy atom. The minimum atomic E-state index is -0.277. The molecule has 2 aromatic carbocycles. The molecule has 9 heteroatoms. The zero-order valence-electron chi connectivity index (χ0n) is 16.1. The molecule has 1 saturated heterocycles. The van der Waals surface area contributed by atoms with Crippen LogP contribution in [0.3, 0.4) is 0 Å². The average Bonchev–Trinajstić information content (AvgIpc) is 3.34. The van der Waals surface area contributed by atoms with Gasteiger partial charge in [0.2, 0.25) is 5.91 Å². The van der Waals surface area contributed by atoms with Crippen molar-refractivity contribution in [3.63, 3.8) is 0 Å². The molecule has 30 heavy (non-hydrogen) atoms. The molecule has 0 unspecified atom stereocenters. The Balaban J connectivity index is 1.50. The number of nitrogens with zero attached hydrogens (tertiary/aromatic N) is 3. The lowest BCUT2D eigenvalue weighted by Gasteiger charge is -2.14. The quantitative estimate of drug-likeness (QED) is 0.585. The minimum absolute atomic E-state index is 0.179. The maximum absolute atomic E-state index is 12.9. The summed E-state index contributed by atoms with van der Waals surface area (Å²) >= 11 is 2.48. The van der Waals surface area contributed by atoms with Crippen molar-refractivity contribution in [3.05, 3.63) is 72.1 Å². The topological polar surface area (TPSA) is 84.3 Å². The van der Waals surface area contributed by atoms with Crippen molar-refractivity contribution in [2.24, 2.45) is 0 Å². The van der Waals surface area contributed by atoms with Gasteiger partial charge in [-0.2, -0.15) is 0 Å². The Hall–Kier alpha value is -3.04. The molecule has 4 rings (SSSR count). The van der Waals surface area contributed by atoms with E-state index < -0.39 is 0 Å². The molecule has 0 radical (unpaired) electrons. The second-order valence-electron chi connectivity index (χ2n) is 6.49. The van der Waals surface area contributed by atoms with Crippen molar-refractivity contribution in [2.45, 2.75) is 11.7 Å². The van der Waals surface area contributed by atoms with E-state index in [0.717, 1.165) is 28.2 Å². The van der Waals surface area contributed by atoms with Gasteiger partial charge in [-0.25, -0.2) is 4.98 Å². The van der Waals surface area contributed by atoms with Gasteiger partial charge in [-0.15, -0.1) is 0 Å². The molecule has 1 aliphatic heterocycles. The molecule has 1 aromatic heterocycles. The van der Waals surface area contributed by atoms with E-state index >= 15 is 0 Å². The minimum Gasteiger partial charge on any atom is -0.321 e. The fourth-order valence-electron chi connectivity index (χ4n) is 3.07. The smallest absolute Gasteiger partial charge is 0.289 e. The summed E-state index contributed by atoms with van der Waals surface area (Å²) in [5, 5.41) is 3.38. The van der Waals surface area contributed by atoms with E-state index in [4.69, 9.17) is 0 Å². The van der Waals surface area contributed by atoms with Crippen LogP contribution in [0.1, 0.15) is 16.1 Å². The Morgan fingerprint density at radius 1 is 1.13 bits per heavy atom. The summed E-state index contributed by atoms with van der Waals surface area (Å²) in [5.41, 5.74) is 2.72. The van der Waals surface area contributed by atoms with Crippen LogP contribution in [0.2, 0.25) is 0 Å². The summed E-state index contributed by atoms with van der Waals surface area (Å²) in [4.78, 5) is 42.0. The third kappa shape index (κ3) is 4.12. The molecule has 152 valence electrons. The molecule has 1 N–H and O–H groups in total. The molecule has 7 nitrogen and oxygen atoms in total. The van der Waals surface area contributed by atoms with Gasteiger partial charge in [-0.3, -0.25) is 23.9 Å². The lowest BCUT2D eigenvalue weighted by Crippen LogP contribution is -2.27. The summed E-state index contributed by atoms with van der Waals surface area (Å²) in [6.45, 7) is 0.233. The Morgan fingerprint density at radius 3 is 2.50 bits per heavy atom. The van der Waals surface area contributed by atoms with Gasteiger partial charge in [0.05, 0.1) is 18.5 Å². The Labute approximate surface area is 181 Å². The molecular weight excluding hydrogens is 420 g/mol. The van der Waals surface area contributed by atoms with E-state index in [-0.39, 0.29) is 29.4 Å². The number of imidazole rings is 1. The predicted octanol–water partition coefficient (Wildman–Crippen LogP) is 4.04. The molecule has 3 amide bonds. The van der Waals surface area contributed by atoms with Crippen LogP contribution in [0.4, 0.5) is 10.5 Å². The SMILES string of the molecule is CSc1ncc(C(=O)Nc2ccc(CN3C(=O)CSC3=O)cc2)n1-c1ccccc1. The van der Waals surface area contributed by atoms with E-state index in [1.165, 1.54) is 16.7 Å². The largest absolute Gasteiger partial charge is 0.321 e. The third-order valence-electron chi connectivity index (χ3n) is 4.55. The fraction of sp³-hybridized carbons (Fsp3) is 0.143. The van der Waals surface area contributed by atoms with Gasteiger partial charge in [0.15, 0.2) is 5.16 Å². The lowest BCUT2D eigenvalue weighted by atomic mass is 10.2. The van der Waals surface area contributed by atoms with Crippen LogP contribution in [-0.2, 0) is 11.3 Å². The standard InChI is InChI=1S/C21H18N4O3S2/c1-29-20-22-11-17(25(20)16-5-3-2-4-6-16)19(27)23-15-9-7-14(8-10-15)12-24-18(26)13-30-21(24)28/h2-11H,12-13H2,1H3,(H,23,27). The van der Waals surface area contributed by atoms with Gasteiger partial charge >= 0.3 is 0 Å². The first-order valence-corrected chi connectivity index (χ1v) is 11.3. The first-order valence-electron chi connectivity index (χ1n) is 9.11. The van der Waals surface area contributed by atoms with Crippen molar-refractivity contribution in [2.75, 3.05) is 17.3 Å². The molecule has 1 aliphatic rings. The number of imide groups is 1. The highest BCUT2D eigenvalue weighted by Crippen LogP contribution is 2.24. The van der Waals surface area contributed by atoms with Crippen molar-refractivity contribution < 1.29 is 14.4 Å². The molecule has 0 atom stereocenters. The van der Waals surface area contributed by atoms with Crippen LogP contribution in [0.25, 0.3) is 5.69 Å². The number of aromatic nitrogens is 2. The van der Waals surface area contributed by atoms with Crippen LogP contribution >= 0.6 is 23.5 Å². The monoisotopic (exact) mass is 438 g/mol. The number of carbonyl (C=O) groups is 3. The van der Waals surface area contributed by atoms with Crippen LogP contribution in [0.5, 0.6) is 0 Å². The van der Waals surface area contributed by atoms with Gasteiger partial charge in [-0.1, -0.05) is 53.9 Å². The summed E-state index contributed by atoms with van der Waals surface area (Å²) in [6, 6.07) is 16.7. The van der Waals surface area contributed by atoms with E-state index in [9.17, 15) is 14.4 Å². The number of rotatable bonds is 6. The lowest BCUT2D eigenvalue weighted by molar-refractivity contribution is -0.125. The van der Waals surface area contributed by atoms with Crippen LogP contribution in [0, 0.1) is 0 Å². The molecule has 0 saturated carbocycles. The number of nitrogens with one attached hydrogen (secondary N) is 1. The summed E-state index contributed by atoms with van der Waals surface area (Å²) in [6.07, 6.45) is 3.47. The third-order valence-corrected chi connectivity index (χ3v) is 6.06. The molecule has 0 spiro atoms. The van der Waals surface area contributed by atoms with Crippen molar-refractivity contribution in [3.8, 4) is 5.69 Å². The second kappa shape index (κ2) is 8.76. The number of benzene rings is 2. The maximum atomic E-state index is 12.9. The summed E-state index contributed by atoms with van der Waals surface area (Å²) < 4.78 is 1.82.